The van der Waals surface area contributed by atoms with Crippen LogP contribution in [0.5, 0.6) is 0 Å². The monoisotopic (exact) mass is 394 g/mol. The van der Waals surface area contributed by atoms with E-state index in [2.05, 4.69) is 5.32 Å². The molecule has 2 aromatic carbocycles. The fraction of sp³-hybridized carbons (Fsp3) is 0.316. The van der Waals surface area contributed by atoms with E-state index in [0.29, 0.717) is 16.4 Å². The van der Waals surface area contributed by atoms with Gasteiger partial charge >= 0.3 is 0 Å². The molecule has 140 valence electrons. The van der Waals surface area contributed by atoms with E-state index >= 15 is 0 Å². The summed E-state index contributed by atoms with van der Waals surface area (Å²) in [6.07, 6.45) is 1.08. The summed E-state index contributed by atoms with van der Waals surface area (Å²) in [5.74, 6) is -0.456. The number of aryl methyl sites for hydroxylation is 4. The Morgan fingerprint density at radius 3 is 2.23 bits per heavy atom. The lowest BCUT2D eigenvalue weighted by Gasteiger charge is -2.23. The van der Waals surface area contributed by atoms with E-state index in [-0.39, 0.29) is 6.54 Å². The molecule has 0 saturated carbocycles. The van der Waals surface area contributed by atoms with Gasteiger partial charge in [0, 0.05) is 0 Å². The molecule has 1 amide bonds. The quantitative estimate of drug-likeness (QED) is 0.834. The predicted octanol–water partition coefficient (Wildman–Crippen LogP) is 3.98. The average Bonchev–Trinajstić information content (AvgIpc) is 2.50. The van der Waals surface area contributed by atoms with E-state index in [4.69, 9.17) is 11.6 Å². The molecular formula is C19H23ClN2O3S. The second-order valence-corrected chi connectivity index (χ2v) is 8.84. The van der Waals surface area contributed by atoms with Crippen LogP contribution in [-0.4, -0.2) is 27.1 Å². The van der Waals surface area contributed by atoms with Gasteiger partial charge in [-0.3, -0.25) is 9.10 Å². The van der Waals surface area contributed by atoms with Crippen molar-refractivity contribution in [1.29, 1.82) is 0 Å². The molecule has 0 aromatic heterocycles. The fourth-order valence-corrected chi connectivity index (χ4v) is 3.88. The first-order chi connectivity index (χ1) is 12.0. The number of hydrogen-bond acceptors (Lipinski definition) is 3. The molecule has 5 nitrogen and oxygen atoms in total. The minimum atomic E-state index is -3.62. The molecule has 0 fully saturated rings. The third-order valence-electron chi connectivity index (χ3n) is 4.16. The number of benzene rings is 2. The molecule has 0 aliphatic heterocycles. The molecule has 0 aliphatic carbocycles. The fourth-order valence-electron chi connectivity index (χ4n) is 2.66. The molecule has 7 heteroatoms. The zero-order chi connectivity index (χ0) is 19.6. The number of sulfonamides is 1. The molecule has 0 saturated heterocycles. The van der Waals surface area contributed by atoms with Crippen molar-refractivity contribution in [2.45, 2.75) is 27.7 Å². The Balaban J connectivity index is 2.29. The van der Waals surface area contributed by atoms with Crippen LogP contribution >= 0.6 is 11.6 Å². The summed E-state index contributed by atoms with van der Waals surface area (Å²) >= 11 is 6.21. The summed E-state index contributed by atoms with van der Waals surface area (Å²) in [4.78, 5) is 12.5. The van der Waals surface area contributed by atoms with Crippen LogP contribution in [0.25, 0.3) is 0 Å². The number of halogens is 1. The number of anilines is 2. The summed E-state index contributed by atoms with van der Waals surface area (Å²) in [7, 11) is -3.62. The van der Waals surface area contributed by atoms with E-state index in [1.54, 1.807) is 18.2 Å². The molecule has 0 bridgehead atoms. The van der Waals surface area contributed by atoms with Gasteiger partial charge in [-0.25, -0.2) is 8.42 Å². The van der Waals surface area contributed by atoms with Gasteiger partial charge in [-0.15, -0.1) is 0 Å². The Labute approximate surface area is 160 Å². The normalized spacial score (nSPS) is 11.3. The van der Waals surface area contributed by atoms with Crippen molar-refractivity contribution in [2.24, 2.45) is 0 Å². The Bertz CT molecular complexity index is 932. The highest BCUT2D eigenvalue weighted by Crippen LogP contribution is 2.28. The van der Waals surface area contributed by atoms with Crippen molar-refractivity contribution in [3.05, 3.63) is 57.6 Å². The maximum absolute atomic E-state index is 12.5. The van der Waals surface area contributed by atoms with Crippen molar-refractivity contribution in [3.8, 4) is 0 Å². The zero-order valence-electron chi connectivity index (χ0n) is 15.6. The standard InChI is InChI=1S/C19H23ClN2O3S/c1-12-8-15(4)19(17(20)9-12)21-18(23)11-22(26(5,24)25)16-7-6-13(2)14(3)10-16/h6-10H,11H2,1-5H3,(H,21,23). The lowest BCUT2D eigenvalue weighted by atomic mass is 10.1. The van der Waals surface area contributed by atoms with Gasteiger partial charge in [0.05, 0.1) is 22.7 Å². The summed E-state index contributed by atoms with van der Waals surface area (Å²) in [6, 6.07) is 8.94. The first kappa shape index (κ1) is 20.3. The summed E-state index contributed by atoms with van der Waals surface area (Å²) in [5, 5.41) is 3.15. The van der Waals surface area contributed by atoms with Gasteiger partial charge in [-0.05, 0) is 68.1 Å². The molecule has 0 spiro atoms. The molecule has 1 N–H and O–H groups in total. The van der Waals surface area contributed by atoms with Crippen LogP contribution in [0, 0.1) is 27.7 Å². The SMILES string of the molecule is Cc1cc(C)c(NC(=O)CN(c2ccc(C)c(C)c2)S(C)(=O)=O)c(Cl)c1. The van der Waals surface area contributed by atoms with Gasteiger partial charge in [0.2, 0.25) is 15.9 Å². The van der Waals surface area contributed by atoms with Gasteiger partial charge in [-0.1, -0.05) is 23.7 Å². The van der Waals surface area contributed by atoms with Crippen LogP contribution in [-0.2, 0) is 14.8 Å². The maximum Gasteiger partial charge on any atom is 0.245 e. The molecule has 0 unspecified atom stereocenters. The highest BCUT2D eigenvalue weighted by Gasteiger charge is 2.22. The van der Waals surface area contributed by atoms with Gasteiger partial charge in [0.15, 0.2) is 0 Å². The van der Waals surface area contributed by atoms with Crippen molar-refractivity contribution in [1.82, 2.24) is 0 Å². The summed E-state index contributed by atoms with van der Waals surface area (Å²) in [6.45, 7) is 7.26. The average molecular weight is 395 g/mol. The molecule has 2 rings (SSSR count). The topological polar surface area (TPSA) is 66.5 Å². The van der Waals surface area contributed by atoms with E-state index < -0.39 is 15.9 Å². The van der Waals surface area contributed by atoms with Crippen molar-refractivity contribution >= 4 is 38.9 Å². The second-order valence-electron chi connectivity index (χ2n) is 6.53. The maximum atomic E-state index is 12.5. The predicted molar refractivity (Wildman–Crippen MR) is 108 cm³/mol. The summed E-state index contributed by atoms with van der Waals surface area (Å²) in [5.41, 5.74) is 4.76. The molecule has 0 aliphatic rings. The van der Waals surface area contributed by atoms with E-state index in [1.807, 2.05) is 39.8 Å². The molecule has 26 heavy (non-hydrogen) atoms. The number of nitrogens with zero attached hydrogens (tertiary/aromatic N) is 1. The third kappa shape index (κ3) is 4.77. The molecule has 0 atom stereocenters. The van der Waals surface area contributed by atoms with E-state index in [1.165, 1.54) is 0 Å². The van der Waals surface area contributed by atoms with Crippen LogP contribution in [0.1, 0.15) is 22.3 Å². The van der Waals surface area contributed by atoms with E-state index in [9.17, 15) is 13.2 Å². The largest absolute Gasteiger partial charge is 0.323 e. The first-order valence-corrected chi connectivity index (χ1v) is 10.3. The van der Waals surface area contributed by atoms with Crippen molar-refractivity contribution < 1.29 is 13.2 Å². The van der Waals surface area contributed by atoms with Crippen LogP contribution in [0.4, 0.5) is 11.4 Å². The number of carbonyl (C=O) groups is 1. The van der Waals surface area contributed by atoms with Crippen LogP contribution in [0.15, 0.2) is 30.3 Å². The van der Waals surface area contributed by atoms with Crippen molar-refractivity contribution in [3.63, 3.8) is 0 Å². The Morgan fingerprint density at radius 2 is 1.69 bits per heavy atom. The number of rotatable bonds is 5. The third-order valence-corrected chi connectivity index (χ3v) is 5.60. The Hall–Kier alpha value is -2.05. The molecule has 0 heterocycles. The first-order valence-electron chi connectivity index (χ1n) is 8.10. The van der Waals surface area contributed by atoms with Gasteiger partial charge in [0.25, 0.3) is 0 Å². The van der Waals surface area contributed by atoms with E-state index in [0.717, 1.165) is 32.8 Å². The van der Waals surface area contributed by atoms with Crippen LogP contribution in [0.2, 0.25) is 5.02 Å². The minimum absolute atomic E-state index is 0.328. The summed E-state index contributed by atoms with van der Waals surface area (Å²) < 4.78 is 25.5. The lowest BCUT2D eigenvalue weighted by Crippen LogP contribution is -2.37. The highest BCUT2D eigenvalue weighted by molar-refractivity contribution is 7.92. The lowest BCUT2D eigenvalue weighted by molar-refractivity contribution is -0.114. The van der Waals surface area contributed by atoms with Gasteiger partial charge in [0.1, 0.15) is 6.54 Å². The molecular weight excluding hydrogens is 372 g/mol. The highest BCUT2D eigenvalue weighted by atomic mass is 35.5. The molecule has 2 aromatic rings. The number of hydrogen-bond donors (Lipinski definition) is 1. The van der Waals surface area contributed by atoms with Crippen molar-refractivity contribution in [2.75, 3.05) is 22.4 Å². The Morgan fingerprint density at radius 1 is 1.04 bits per heavy atom. The Kier molecular flexibility index (Phi) is 5.98. The minimum Gasteiger partial charge on any atom is -0.323 e. The number of nitrogens with one attached hydrogen (secondary N) is 1. The molecule has 0 radical (unpaired) electrons. The van der Waals surface area contributed by atoms with Gasteiger partial charge < -0.3 is 5.32 Å². The smallest absolute Gasteiger partial charge is 0.245 e. The number of amides is 1. The zero-order valence-corrected chi connectivity index (χ0v) is 17.1. The number of carbonyl (C=O) groups excluding carboxylic acids is 1. The van der Waals surface area contributed by atoms with Gasteiger partial charge in [-0.2, -0.15) is 0 Å². The van der Waals surface area contributed by atoms with Crippen LogP contribution in [0.3, 0.4) is 0 Å². The van der Waals surface area contributed by atoms with Crippen LogP contribution < -0.4 is 9.62 Å². The second kappa shape index (κ2) is 7.68.